The van der Waals surface area contributed by atoms with Gasteiger partial charge in [-0.15, -0.1) is 0 Å². The molecule has 2 N–H and O–H groups in total. The van der Waals surface area contributed by atoms with Crippen LogP contribution in [0.1, 0.15) is 71.7 Å². The number of hydrogen-bond donors (Lipinski definition) is 2. The molecule has 2 fully saturated rings. The van der Waals surface area contributed by atoms with Gasteiger partial charge in [0.2, 0.25) is 0 Å². The van der Waals surface area contributed by atoms with Gasteiger partial charge in [-0.2, -0.15) is 0 Å². The van der Waals surface area contributed by atoms with Crippen molar-refractivity contribution >= 4 is 34.3 Å². The number of imidazole rings is 1. The Hall–Kier alpha value is -4.13. The maximum absolute atomic E-state index is 13.0. The molecule has 0 bridgehead atoms. The SMILES string of the molecule is O=C(O)c1ccc2c(c1)nc(-c1ccc(C(=O)Nc3ccc(N4CCCCC4)cc3)cc1)n2C1CCCC1. The molecule has 3 aromatic carbocycles. The molecule has 0 spiro atoms. The lowest BCUT2D eigenvalue weighted by atomic mass is 10.1. The lowest BCUT2D eigenvalue weighted by molar-refractivity contribution is 0.0696. The molecule has 2 aliphatic rings. The molecule has 0 unspecified atom stereocenters. The van der Waals surface area contributed by atoms with E-state index in [2.05, 4.69) is 26.9 Å². The molecule has 194 valence electrons. The molecule has 1 amide bonds. The first-order chi connectivity index (χ1) is 18.6. The number of carboxylic acid groups (broad SMARTS) is 1. The number of piperidine rings is 1. The second-order valence-electron chi connectivity index (χ2n) is 10.4. The fourth-order valence-corrected chi connectivity index (χ4v) is 5.85. The average Bonchev–Trinajstić information content (AvgIpc) is 3.61. The van der Waals surface area contributed by atoms with Gasteiger partial charge in [0.05, 0.1) is 16.6 Å². The van der Waals surface area contributed by atoms with Crippen LogP contribution in [-0.2, 0) is 0 Å². The summed E-state index contributed by atoms with van der Waals surface area (Å²) < 4.78 is 2.26. The number of carbonyl (C=O) groups is 2. The van der Waals surface area contributed by atoms with Crippen LogP contribution < -0.4 is 10.2 Å². The van der Waals surface area contributed by atoms with Gasteiger partial charge in [0.1, 0.15) is 5.82 Å². The summed E-state index contributed by atoms with van der Waals surface area (Å²) in [7, 11) is 0. The number of rotatable bonds is 6. The molecule has 1 saturated carbocycles. The Balaban J connectivity index is 1.23. The van der Waals surface area contributed by atoms with E-state index in [-0.39, 0.29) is 11.5 Å². The van der Waals surface area contributed by atoms with Crippen molar-refractivity contribution in [2.24, 2.45) is 0 Å². The highest BCUT2D eigenvalue weighted by Gasteiger charge is 2.24. The quantitative estimate of drug-likeness (QED) is 0.300. The summed E-state index contributed by atoms with van der Waals surface area (Å²) in [6.07, 6.45) is 8.27. The molecular formula is C31H32N4O3. The minimum Gasteiger partial charge on any atom is -0.478 e. The van der Waals surface area contributed by atoms with Gasteiger partial charge in [0.25, 0.3) is 5.91 Å². The number of nitrogens with zero attached hydrogens (tertiary/aromatic N) is 3. The maximum Gasteiger partial charge on any atom is 0.335 e. The first-order valence-corrected chi connectivity index (χ1v) is 13.6. The van der Waals surface area contributed by atoms with Crippen LogP contribution in [0.3, 0.4) is 0 Å². The van der Waals surface area contributed by atoms with Gasteiger partial charge in [-0.25, -0.2) is 9.78 Å². The number of hydrogen-bond acceptors (Lipinski definition) is 4. The van der Waals surface area contributed by atoms with E-state index < -0.39 is 5.97 Å². The molecule has 38 heavy (non-hydrogen) atoms. The van der Waals surface area contributed by atoms with Crippen molar-refractivity contribution in [1.82, 2.24) is 9.55 Å². The lowest BCUT2D eigenvalue weighted by Gasteiger charge is -2.28. The number of amides is 1. The summed E-state index contributed by atoms with van der Waals surface area (Å²) in [5.41, 5.74) is 5.33. The van der Waals surface area contributed by atoms with Crippen LogP contribution in [0, 0.1) is 0 Å². The number of aromatic nitrogens is 2. The van der Waals surface area contributed by atoms with E-state index in [0.717, 1.165) is 48.5 Å². The number of benzene rings is 3. The molecule has 1 aromatic heterocycles. The Bertz CT molecular complexity index is 1460. The number of carboxylic acids is 1. The fourth-order valence-electron chi connectivity index (χ4n) is 5.85. The maximum atomic E-state index is 13.0. The van der Waals surface area contributed by atoms with Crippen molar-refractivity contribution in [1.29, 1.82) is 0 Å². The molecular weight excluding hydrogens is 476 g/mol. The van der Waals surface area contributed by atoms with Gasteiger partial charge in [-0.3, -0.25) is 4.79 Å². The molecule has 1 saturated heterocycles. The molecule has 4 aromatic rings. The number of nitrogens with one attached hydrogen (secondary N) is 1. The van der Waals surface area contributed by atoms with Crippen LogP contribution in [0.25, 0.3) is 22.4 Å². The highest BCUT2D eigenvalue weighted by Crippen LogP contribution is 2.37. The number of fused-ring (bicyclic) bond motifs is 1. The number of aromatic carboxylic acids is 1. The minimum atomic E-state index is -0.958. The second kappa shape index (κ2) is 10.3. The monoisotopic (exact) mass is 508 g/mol. The Morgan fingerprint density at radius 3 is 2.18 bits per heavy atom. The van der Waals surface area contributed by atoms with E-state index in [4.69, 9.17) is 4.98 Å². The molecule has 0 radical (unpaired) electrons. The zero-order valence-corrected chi connectivity index (χ0v) is 21.4. The zero-order valence-electron chi connectivity index (χ0n) is 21.4. The average molecular weight is 509 g/mol. The van der Waals surface area contributed by atoms with E-state index in [1.807, 2.05) is 42.5 Å². The van der Waals surface area contributed by atoms with Crippen molar-refractivity contribution in [3.8, 4) is 11.4 Å². The fraction of sp³-hybridized carbons (Fsp3) is 0.323. The van der Waals surface area contributed by atoms with Crippen molar-refractivity contribution in [2.75, 3.05) is 23.3 Å². The van der Waals surface area contributed by atoms with Crippen LogP contribution in [0.5, 0.6) is 0 Å². The van der Waals surface area contributed by atoms with Gasteiger partial charge in [-0.05, 0) is 86.7 Å². The summed E-state index contributed by atoms with van der Waals surface area (Å²) in [6, 6.07) is 21.1. The van der Waals surface area contributed by atoms with Crippen molar-refractivity contribution in [2.45, 2.75) is 51.0 Å². The Labute approximate surface area is 222 Å². The molecule has 2 heterocycles. The smallest absolute Gasteiger partial charge is 0.335 e. The van der Waals surface area contributed by atoms with E-state index in [0.29, 0.717) is 17.1 Å². The second-order valence-corrected chi connectivity index (χ2v) is 10.4. The van der Waals surface area contributed by atoms with Gasteiger partial charge in [0.15, 0.2) is 0 Å². The summed E-state index contributed by atoms with van der Waals surface area (Å²) in [5, 5.41) is 12.4. The van der Waals surface area contributed by atoms with Gasteiger partial charge in [-0.1, -0.05) is 25.0 Å². The topological polar surface area (TPSA) is 87.5 Å². The van der Waals surface area contributed by atoms with Crippen LogP contribution >= 0.6 is 0 Å². The standard InChI is InChI=1S/C31H32N4O3/c36-30(32-24-13-15-25(16-14-24)34-18-4-1-5-19-34)22-10-8-21(9-11-22)29-33-27-20-23(31(37)38)12-17-28(27)35(29)26-6-2-3-7-26/h8-17,20,26H,1-7,18-19H2,(H,32,36)(H,37,38). The lowest BCUT2D eigenvalue weighted by Crippen LogP contribution is -2.29. The van der Waals surface area contributed by atoms with Crippen LogP contribution in [0.2, 0.25) is 0 Å². The van der Waals surface area contributed by atoms with Crippen LogP contribution in [-0.4, -0.2) is 39.6 Å². The highest BCUT2D eigenvalue weighted by molar-refractivity contribution is 6.04. The van der Waals surface area contributed by atoms with Gasteiger partial charge in [0, 0.05) is 41.6 Å². The van der Waals surface area contributed by atoms with Crippen molar-refractivity contribution < 1.29 is 14.7 Å². The predicted molar refractivity (Wildman–Crippen MR) is 150 cm³/mol. The third-order valence-electron chi connectivity index (χ3n) is 7.88. The highest BCUT2D eigenvalue weighted by atomic mass is 16.4. The van der Waals surface area contributed by atoms with Crippen molar-refractivity contribution in [3.63, 3.8) is 0 Å². The van der Waals surface area contributed by atoms with E-state index >= 15 is 0 Å². The Morgan fingerprint density at radius 2 is 1.50 bits per heavy atom. The largest absolute Gasteiger partial charge is 0.478 e. The third kappa shape index (κ3) is 4.76. The van der Waals surface area contributed by atoms with E-state index in [1.54, 1.807) is 12.1 Å². The first-order valence-electron chi connectivity index (χ1n) is 13.6. The van der Waals surface area contributed by atoms with Gasteiger partial charge >= 0.3 is 5.97 Å². The van der Waals surface area contributed by atoms with Crippen molar-refractivity contribution in [3.05, 3.63) is 77.9 Å². The predicted octanol–water partition coefficient (Wildman–Crippen LogP) is 6.76. The summed E-state index contributed by atoms with van der Waals surface area (Å²) in [5.74, 6) is -0.298. The Morgan fingerprint density at radius 1 is 0.816 bits per heavy atom. The van der Waals surface area contributed by atoms with Crippen LogP contribution in [0.4, 0.5) is 11.4 Å². The van der Waals surface area contributed by atoms with E-state index in [1.165, 1.54) is 37.8 Å². The molecule has 1 aliphatic heterocycles. The summed E-state index contributed by atoms with van der Waals surface area (Å²) >= 11 is 0. The molecule has 6 rings (SSSR count). The number of carbonyl (C=O) groups excluding carboxylic acids is 1. The normalized spacial score (nSPS) is 16.2. The summed E-state index contributed by atoms with van der Waals surface area (Å²) in [6.45, 7) is 2.18. The molecule has 7 nitrogen and oxygen atoms in total. The first kappa shape index (κ1) is 24.2. The zero-order chi connectivity index (χ0) is 26.1. The molecule has 0 atom stereocenters. The number of anilines is 2. The minimum absolute atomic E-state index is 0.155. The molecule has 1 aliphatic carbocycles. The Kier molecular flexibility index (Phi) is 6.58. The third-order valence-corrected chi connectivity index (χ3v) is 7.88. The van der Waals surface area contributed by atoms with E-state index in [9.17, 15) is 14.7 Å². The molecule has 7 heteroatoms. The van der Waals surface area contributed by atoms with Crippen LogP contribution in [0.15, 0.2) is 66.7 Å². The summed E-state index contributed by atoms with van der Waals surface area (Å²) in [4.78, 5) is 31.7. The van der Waals surface area contributed by atoms with Gasteiger partial charge < -0.3 is 19.9 Å².